The van der Waals surface area contributed by atoms with Crippen molar-refractivity contribution in [3.05, 3.63) is 94.8 Å². The van der Waals surface area contributed by atoms with Crippen LogP contribution in [0, 0.1) is 11.3 Å². The van der Waals surface area contributed by atoms with Crippen LogP contribution in [0.2, 0.25) is 0 Å². The van der Waals surface area contributed by atoms with Crippen molar-refractivity contribution in [1.82, 2.24) is 9.88 Å². The Bertz CT molecular complexity index is 1150. The monoisotopic (exact) mass is 422 g/mol. The van der Waals surface area contributed by atoms with Crippen molar-refractivity contribution < 1.29 is 18.0 Å². The largest absolute Gasteiger partial charge is 0.416 e. The number of carbonyl (C=O) groups is 1. The Kier molecular flexibility index (Phi) is 5.34. The molecule has 0 saturated heterocycles. The van der Waals surface area contributed by atoms with Gasteiger partial charge in [0.2, 0.25) is 0 Å². The molecule has 1 N–H and O–H groups in total. The van der Waals surface area contributed by atoms with Gasteiger partial charge in [-0.1, -0.05) is 24.3 Å². The molecule has 1 atom stereocenters. The van der Waals surface area contributed by atoms with E-state index in [2.05, 4.69) is 10.3 Å². The minimum atomic E-state index is -4.44. The molecule has 2 amide bonds. The van der Waals surface area contributed by atoms with Gasteiger partial charge in [0, 0.05) is 18.4 Å². The average molecular weight is 422 g/mol. The Morgan fingerprint density at radius 1 is 1.13 bits per heavy atom. The predicted octanol–water partition coefficient (Wildman–Crippen LogP) is 5.15. The number of halogens is 3. The minimum absolute atomic E-state index is 0.369. The summed E-state index contributed by atoms with van der Waals surface area (Å²) in [6.45, 7) is 0.369. The Labute approximate surface area is 176 Å². The van der Waals surface area contributed by atoms with Gasteiger partial charge in [-0.05, 0) is 53.9 Å². The van der Waals surface area contributed by atoms with Crippen LogP contribution in [0.15, 0.2) is 66.9 Å². The molecule has 0 saturated carbocycles. The highest BCUT2D eigenvalue weighted by Gasteiger charge is 2.35. The second-order valence-corrected chi connectivity index (χ2v) is 7.14. The van der Waals surface area contributed by atoms with E-state index in [1.165, 1.54) is 12.1 Å². The quantitative estimate of drug-likeness (QED) is 0.621. The van der Waals surface area contributed by atoms with Crippen molar-refractivity contribution in [3.8, 4) is 6.07 Å². The predicted molar refractivity (Wildman–Crippen MR) is 108 cm³/mol. The molecule has 8 heteroatoms. The van der Waals surface area contributed by atoms with E-state index in [1.54, 1.807) is 41.4 Å². The van der Waals surface area contributed by atoms with Crippen LogP contribution >= 0.6 is 0 Å². The Balaban J connectivity index is 1.69. The van der Waals surface area contributed by atoms with E-state index in [4.69, 9.17) is 5.26 Å². The maximum atomic E-state index is 13.1. The van der Waals surface area contributed by atoms with E-state index >= 15 is 0 Å². The number of amides is 2. The molecule has 156 valence electrons. The lowest BCUT2D eigenvalue weighted by Crippen LogP contribution is -2.43. The van der Waals surface area contributed by atoms with Crippen molar-refractivity contribution in [3.63, 3.8) is 0 Å². The number of nitrogens with one attached hydrogen (secondary N) is 1. The summed E-state index contributed by atoms with van der Waals surface area (Å²) in [7, 11) is 0. The average Bonchev–Trinajstić information content (AvgIpc) is 2.78. The lowest BCUT2D eigenvalue weighted by molar-refractivity contribution is -0.137. The number of aromatic nitrogens is 1. The number of rotatable bonds is 2. The number of benzene rings is 2. The third-order valence-corrected chi connectivity index (χ3v) is 5.18. The third-order valence-electron chi connectivity index (χ3n) is 5.18. The van der Waals surface area contributed by atoms with Crippen LogP contribution in [0.1, 0.15) is 34.0 Å². The fourth-order valence-electron chi connectivity index (χ4n) is 3.70. The summed E-state index contributed by atoms with van der Waals surface area (Å²) >= 11 is 0. The molecule has 3 aromatic rings. The summed E-state index contributed by atoms with van der Waals surface area (Å²) in [5.74, 6) is 0. The van der Waals surface area contributed by atoms with Crippen molar-refractivity contribution in [2.45, 2.75) is 18.6 Å². The summed E-state index contributed by atoms with van der Waals surface area (Å²) in [6.07, 6.45) is -2.26. The standard InChI is InChI=1S/C23H17F3N4O/c24-23(25,26)18-8-6-17(7-9-18)21-20-16(4-2-11-28-20)10-12-30(21)22(31)29-19-5-1-3-15(13-19)14-27/h1-9,11,13,21H,10,12H2,(H,29,31). The van der Waals surface area contributed by atoms with Crippen LogP contribution in [-0.2, 0) is 12.6 Å². The molecule has 1 aliphatic heterocycles. The smallest absolute Gasteiger partial charge is 0.311 e. The molecule has 0 fully saturated rings. The van der Waals surface area contributed by atoms with Gasteiger partial charge in [0.25, 0.3) is 0 Å². The van der Waals surface area contributed by atoms with E-state index in [1.807, 2.05) is 12.1 Å². The molecule has 0 spiro atoms. The van der Waals surface area contributed by atoms with Gasteiger partial charge in [-0.25, -0.2) is 4.79 Å². The fraction of sp³-hybridized carbons (Fsp3) is 0.174. The number of pyridine rings is 1. The second-order valence-electron chi connectivity index (χ2n) is 7.14. The van der Waals surface area contributed by atoms with Crippen LogP contribution in [0.3, 0.4) is 0 Å². The minimum Gasteiger partial charge on any atom is -0.311 e. The van der Waals surface area contributed by atoms with E-state index in [9.17, 15) is 18.0 Å². The van der Waals surface area contributed by atoms with Crippen molar-refractivity contribution in [2.75, 3.05) is 11.9 Å². The molecule has 4 rings (SSSR count). The number of nitriles is 1. The summed E-state index contributed by atoms with van der Waals surface area (Å²) in [5, 5.41) is 11.8. The van der Waals surface area contributed by atoms with Gasteiger partial charge in [0.15, 0.2) is 0 Å². The SMILES string of the molecule is N#Cc1cccc(NC(=O)N2CCc3cccnc3C2c2ccc(C(F)(F)F)cc2)c1. The van der Waals surface area contributed by atoms with Crippen molar-refractivity contribution >= 4 is 11.7 Å². The first-order chi connectivity index (χ1) is 14.9. The molecule has 5 nitrogen and oxygen atoms in total. The molecule has 0 aliphatic carbocycles. The lowest BCUT2D eigenvalue weighted by Gasteiger charge is -2.36. The topological polar surface area (TPSA) is 69.0 Å². The van der Waals surface area contributed by atoms with E-state index in [-0.39, 0.29) is 0 Å². The van der Waals surface area contributed by atoms with E-state index in [0.717, 1.165) is 17.7 Å². The highest BCUT2D eigenvalue weighted by atomic mass is 19.4. The van der Waals surface area contributed by atoms with Gasteiger partial charge in [0.05, 0.1) is 22.9 Å². The zero-order valence-electron chi connectivity index (χ0n) is 16.2. The summed E-state index contributed by atoms with van der Waals surface area (Å²) in [4.78, 5) is 19.1. The Morgan fingerprint density at radius 3 is 2.61 bits per heavy atom. The summed E-state index contributed by atoms with van der Waals surface area (Å²) in [5.41, 5.74) is 2.23. The molecule has 1 aromatic heterocycles. The molecule has 0 bridgehead atoms. The highest BCUT2D eigenvalue weighted by molar-refractivity contribution is 5.90. The molecule has 0 radical (unpaired) electrons. The normalized spacial score (nSPS) is 15.7. The lowest BCUT2D eigenvalue weighted by atomic mass is 9.92. The number of urea groups is 1. The van der Waals surface area contributed by atoms with Crippen LogP contribution in [-0.4, -0.2) is 22.5 Å². The van der Waals surface area contributed by atoms with Gasteiger partial charge >= 0.3 is 12.2 Å². The Morgan fingerprint density at radius 2 is 1.90 bits per heavy atom. The molecule has 1 aliphatic rings. The van der Waals surface area contributed by atoms with E-state index in [0.29, 0.717) is 35.5 Å². The first-order valence-electron chi connectivity index (χ1n) is 9.55. The van der Waals surface area contributed by atoms with Crippen LogP contribution < -0.4 is 5.32 Å². The zero-order chi connectivity index (χ0) is 22.0. The van der Waals surface area contributed by atoms with E-state index < -0.39 is 23.8 Å². The molecular weight excluding hydrogens is 405 g/mol. The molecular formula is C23H17F3N4O. The van der Waals surface area contributed by atoms with Crippen LogP contribution in [0.5, 0.6) is 0 Å². The van der Waals surface area contributed by atoms with Crippen LogP contribution in [0.25, 0.3) is 0 Å². The van der Waals surface area contributed by atoms with Gasteiger partial charge in [-0.3, -0.25) is 4.98 Å². The highest BCUT2D eigenvalue weighted by Crippen LogP contribution is 2.36. The number of nitrogens with zero attached hydrogens (tertiary/aromatic N) is 3. The second kappa shape index (κ2) is 8.11. The molecule has 31 heavy (non-hydrogen) atoms. The number of anilines is 1. The number of carbonyl (C=O) groups excluding carboxylic acids is 1. The number of hydrogen-bond acceptors (Lipinski definition) is 3. The third kappa shape index (κ3) is 4.21. The number of fused-ring (bicyclic) bond motifs is 1. The van der Waals surface area contributed by atoms with Gasteiger partial charge in [0.1, 0.15) is 6.04 Å². The first-order valence-corrected chi connectivity index (χ1v) is 9.55. The fourth-order valence-corrected chi connectivity index (χ4v) is 3.70. The van der Waals surface area contributed by atoms with Gasteiger partial charge < -0.3 is 10.2 Å². The Hall–Kier alpha value is -3.86. The van der Waals surface area contributed by atoms with Crippen molar-refractivity contribution in [2.24, 2.45) is 0 Å². The van der Waals surface area contributed by atoms with Gasteiger partial charge in [-0.2, -0.15) is 18.4 Å². The number of alkyl halides is 3. The van der Waals surface area contributed by atoms with Gasteiger partial charge in [-0.15, -0.1) is 0 Å². The van der Waals surface area contributed by atoms with Crippen molar-refractivity contribution in [1.29, 1.82) is 5.26 Å². The molecule has 2 heterocycles. The molecule has 1 unspecified atom stereocenters. The summed E-state index contributed by atoms with van der Waals surface area (Å²) < 4.78 is 39.0. The maximum absolute atomic E-state index is 13.1. The molecule has 2 aromatic carbocycles. The number of hydrogen-bond donors (Lipinski definition) is 1. The first kappa shape index (κ1) is 20.4. The summed E-state index contributed by atoms with van der Waals surface area (Å²) in [6, 6.07) is 16.0. The zero-order valence-corrected chi connectivity index (χ0v) is 16.2. The van der Waals surface area contributed by atoms with Crippen LogP contribution in [0.4, 0.5) is 23.7 Å². The maximum Gasteiger partial charge on any atom is 0.416 e.